The van der Waals surface area contributed by atoms with E-state index in [2.05, 4.69) is 52.0 Å². The molecule has 0 unspecified atom stereocenters. The van der Waals surface area contributed by atoms with E-state index in [4.69, 9.17) is 10.2 Å². The summed E-state index contributed by atoms with van der Waals surface area (Å²) in [6, 6.07) is 5.89. The van der Waals surface area contributed by atoms with Crippen molar-refractivity contribution in [2.75, 3.05) is 5.73 Å². The number of alkyl halides is 1. The maximum atomic E-state index is 5.75. The molecule has 0 spiro atoms. The van der Waals surface area contributed by atoms with Gasteiger partial charge in [-0.3, -0.25) is 0 Å². The summed E-state index contributed by atoms with van der Waals surface area (Å²) >= 11 is 6.92. The van der Waals surface area contributed by atoms with E-state index >= 15 is 0 Å². The highest BCUT2D eigenvalue weighted by Gasteiger charge is 2.16. The van der Waals surface area contributed by atoms with Crippen LogP contribution in [0.2, 0.25) is 0 Å². The fourth-order valence-electron chi connectivity index (χ4n) is 1.76. The van der Waals surface area contributed by atoms with Crippen molar-refractivity contribution in [3.63, 3.8) is 0 Å². The second kappa shape index (κ2) is 5.90. The molecule has 0 amide bonds. The molecule has 3 rings (SSSR count). The SMILES string of the molecule is Nc1nccnc1-c1nnc(-c2ccc(CBr)cc2Br)o1. The van der Waals surface area contributed by atoms with Crippen molar-refractivity contribution in [2.45, 2.75) is 5.33 Å². The maximum absolute atomic E-state index is 5.75. The summed E-state index contributed by atoms with van der Waals surface area (Å²) in [6.07, 6.45) is 3.03. The Bertz CT molecular complexity index is 790. The molecule has 106 valence electrons. The van der Waals surface area contributed by atoms with Crippen LogP contribution in [0.25, 0.3) is 23.0 Å². The Morgan fingerprint density at radius 2 is 1.86 bits per heavy atom. The number of aromatic nitrogens is 4. The van der Waals surface area contributed by atoms with Gasteiger partial charge in [-0.05, 0) is 33.6 Å². The number of anilines is 1. The number of nitrogen functional groups attached to an aromatic ring is 1. The molecule has 0 fully saturated rings. The summed E-state index contributed by atoms with van der Waals surface area (Å²) in [4.78, 5) is 8.05. The van der Waals surface area contributed by atoms with Gasteiger partial charge in [0.1, 0.15) is 0 Å². The van der Waals surface area contributed by atoms with Gasteiger partial charge in [0.2, 0.25) is 5.89 Å². The molecular formula is C13H9Br2N5O. The number of hydrogen-bond acceptors (Lipinski definition) is 6. The third-order valence-corrected chi connectivity index (χ3v) is 4.08. The fourth-order valence-corrected chi connectivity index (χ4v) is 2.70. The number of nitrogens with two attached hydrogens (primary N) is 1. The molecule has 2 aromatic heterocycles. The molecule has 3 aromatic rings. The van der Waals surface area contributed by atoms with Gasteiger partial charge >= 0.3 is 0 Å². The van der Waals surface area contributed by atoms with Gasteiger partial charge in [-0.15, -0.1) is 10.2 Å². The van der Waals surface area contributed by atoms with E-state index < -0.39 is 0 Å². The Hall–Kier alpha value is -1.80. The fraction of sp³-hybridized carbons (Fsp3) is 0.0769. The number of hydrogen-bond donors (Lipinski definition) is 1. The zero-order chi connectivity index (χ0) is 14.8. The molecule has 0 atom stereocenters. The van der Waals surface area contributed by atoms with Gasteiger partial charge in [0.15, 0.2) is 11.5 Å². The zero-order valence-electron chi connectivity index (χ0n) is 10.6. The van der Waals surface area contributed by atoms with Crippen LogP contribution in [0, 0.1) is 0 Å². The highest BCUT2D eigenvalue weighted by Crippen LogP contribution is 2.31. The third kappa shape index (κ3) is 2.81. The first-order valence-electron chi connectivity index (χ1n) is 5.94. The van der Waals surface area contributed by atoms with Crippen molar-refractivity contribution in [1.82, 2.24) is 20.2 Å². The monoisotopic (exact) mass is 409 g/mol. The van der Waals surface area contributed by atoms with Crippen molar-refractivity contribution < 1.29 is 4.42 Å². The molecule has 0 bridgehead atoms. The molecule has 2 N–H and O–H groups in total. The van der Waals surface area contributed by atoms with Gasteiger partial charge in [-0.1, -0.05) is 22.0 Å². The van der Waals surface area contributed by atoms with Gasteiger partial charge in [-0.25, -0.2) is 9.97 Å². The van der Waals surface area contributed by atoms with Gasteiger partial charge in [0.25, 0.3) is 5.89 Å². The molecule has 0 aliphatic carbocycles. The van der Waals surface area contributed by atoms with E-state index in [9.17, 15) is 0 Å². The van der Waals surface area contributed by atoms with Crippen molar-refractivity contribution in [3.05, 3.63) is 40.6 Å². The molecule has 21 heavy (non-hydrogen) atoms. The molecule has 2 heterocycles. The van der Waals surface area contributed by atoms with Gasteiger partial charge in [0, 0.05) is 22.2 Å². The first-order chi connectivity index (χ1) is 10.2. The number of benzene rings is 1. The van der Waals surface area contributed by atoms with E-state index in [1.807, 2.05) is 18.2 Å². The predicted molar refractivity (Wildman–Crippen MR) is 85.5 cm³/mol. The van der Waals surface area contributed by atoms with Crippen molar-refractivity contribution in [1.29, 1.82) is 0 Å². The van der Waals surface area contributed by atoms with Crippen molar-refractivity contribution in [2.24, 2.45) is 0 Å². The smallest absolute Gasteiger partial charge is 0.270 e. The lowest BCUT2D eigenvalue weighted by Gasteiger charge is -2.01. The van der Waals surface area contributed by atoms with Crippen molar-refractivity contribution >= 4 is 37.7 Å². The van der Waals surface area contributed by atoms with E-state index in [1.165, 1.54) is 12.4 Å². The van der Waals surface area contributed by atoms with Crippen LogP contribution in [-0.2, 0) is 5.33 Å². The van der Waals surface area contributed by atoms with Crippen LogP contribution >= 0.6 is 31.9 Å². The Morgan fingerprint density at radius 1 is 1.10 bits per heavy atom. The Morgan fingerprint density at radius 3 is 2.57 bits per heavy atom. The summed E-state index contributed by atoms with van der Waals surface area (Å²) in [5.74, 6) is 0.886. The molecular weight excluding hydrogens is 402 g/mol. The van der Waals surface area contributed by atoms with Crippen LogP contribution in [0.3, 0.4) is 0 Å². The maximum Gasteiger partial charge on any atom is 0.270 e. The second-order valence-corrected chi connectivity index (χ2v) is 5.57. The Balaban J connectivity index is 2.01. The first-order valence-corrected chi connectivity index (χ1v) is 7.85. The number of nitrogens with zero attached hydrogens (tertiary/aromatic N) is 4. The largest absolute Gasteiger partial charge is 0.414 e. The average Bonchev–Trinajstić information content (AvgIpc) is 2.97. The lowest BCUT2D eigenvalue weighted by atomic mass is 10.1. The molecule has 0 radical (unpaired) electrons. The summed E-state index contributed by atoms with van der Waals surface area (Å²) in [6.45, 7) is 0. The summed E-state index contributed by atoms with van der Waals surface area (Å²) in [5.41, 5.74) is 8.08. The second-order valence-electron chi connectivity index (χ2n) is 4.15. The molecule has 8 heteroatoms. The average molecular weight is 411 g/mol. The third-order valence-electron chi connectivity index (χ3n) is 2.77. The molecule has 0 saturated heterocycles. The molecule has 1 aromatic carbocycles. The Kier molecular flexibility index (Phi) is 3.98. The van der Waals surface area contributed by atoms with Gasteiger partial charge in [-0.2, -0.15) is 0 Å². The Labute approximate surface area is 137 Å². The minimum atomic E-state index is 0.243. The van der Waals surface area contributed by atoms with Crippen molar-refractivity contribution in [3.8, 4) is 23.0 Å². The molecule has 0 saturated carbocycles. The first kappa shape index (κ1) is 14.2. The van der Waals surface area contributed by atoms with E-state index in [-0.39, 0.29) is 11.7 Å². The van der Waals surface area contributed by atoms with Crippen LogP contribution in [0.1, 0.15) is 5.56 Å². The lowest BCUT2D eigenvalue weighted by molar-refractivity contribution is 0.582. The minimum absolute atomic E-state index is 0.243. The highest BCUT2D eigenvalue weighted by atomic mass is 79.9. The zero-order valence-corrected chi connectivity index (χ0v) is 13.8. The normalized spacial score (nSPS) is 10.8. The summed E-state index contributed by atoms with van der Waals surface area (Å²) in [5, 5.41) is 8.79. The topological polar surface area (TPSA) is 90.7 Å². The van der Waals surface area contributed by atoms with Crippen LogP contribution in [0.4, 0.5) is 5.82 Å². The van der Waals surface area contributed by atoms with E-state index in [1.54, 1.807) is 0 Å². The standard InChI is InChI=1S/C13H9Br2N5O/c14-6-7-1-2-8(9(15)5-7)12-19-20-13(21-12)10-11(16)18-4-3-17-10/h1-5H,6H2,(H2,16,18). The summed E-state index contributed by atoms with van der Waals surface area (Å²) in [7, 11) is 0. The quantitative estimate of drug-likeness (QED) is 0.665. The number of rotatable bonds is 3. The summed E-state index contributed by atoms with van der Waals surface area (Å²) < 4.78 is 6.52. The predicted octanol–water partition coefficient (Wildman–Crippen LogP) is 3.43. The van der Waals surface area contributed by atoms with Crippen LogP contribution in [0.15, 0.2) is 39.5 Å². The number of halogens is 2. The molecule has 0 aliphatic rings. The van der Waals surface area contributed by atoms with Crippen LogP contribution in [-0.4, -0.2) is 20.2 Å². The van der Waals surface area contributed by atoms with Gasteiger partial charge in [0.05, 0.1) is 5.56 Å². The van der Waals surface area contributed by atoms with E-state index in [0.29, 0.717) is 11.6 Å². The molecule has 0 aliphatic heterocycles. The van der Waals surface area contributed by atoms with Gasteiger partial charge < -0.3 is 10.2 Å². The minimum Gasteiger partial charge on any atom is -0.414 e. The van der Waals surface area contributed by atoms with Crippen LogP contribution < -0.4 is 5.73 Å². The lowest BCUT2D eigenvalue weighted by Crippen LogP contribution is -1.95. The highest BCUT2D eigenvalue weighted by molar-refractivity contribution is 9.10. The van der Waals surface area contributed by atoms with Crippen LogP contribution in [0.5, 0.6) is 0 Å². The molecule has 6 nitrogen and oxygen atoms in total. The van der Waals surface area contributed by atoms with E-state index in [0.717, 1.165) is 20.9 Å².